The summed E-state index contributed by atoms with van der Waals surface area (Å²) in [7, 11) is 0. The molecule has 3 rings (SSSR count). The molecular formula is C18H25ClN2O3. The summed E-state index contributed by atoms with van der Waals surface area (Å²) in [6.45, 7) is 5.06. The molecular weight excluding hydrogens is 328 g/mol. The highest BCUT2D eigenvalue weighted by atomic mass is 35.5. The summed E-state index contributed by atoms with van der Waals surface area (Å²) in [5.41, 5.74) is 6.48. The van der Waals surface area contributed by atoms with E-state index in [4.69, 9.17) is 14.9 Å². The molecule has 1 aliphatic heterocycles. The number of nitrogens with zero attached hydrogens (tertiary/aromatic N) is 1. The van der Waals surface area contributed by atoms with Crippen LogP contribution in [-0.4, -0.2) is 36.1 Å². The molecule has 1 fully saturated rings. The van der Waals surface area contributed by atoms with Crippen molar-refractivity contribution in [2.75, 3.05) is 13.1 Å². The second-order valence-corrected chi connectivity index (χ2v) is 6.05. The number of furan rings is 1. The van der Waals surface area contributed by atoms with Crippen LogP contribution in [-0.2, 0) is 9.53 Å². The van der Waals surface area contributed by atoms with Gasteiger partial charge in [0.15, 0.2) is 0 Å². The summed E-state index contributed by atoms with van der Waals surface area (Å²) in [4.78, 5) is 14.6. The van der Waals surface area contributed by atoms with Gasteiger partial charge in [0.05, 0.1) is 12.1 Å². The number of nitrogens with two attached hydrogens (primary N) is 1. The van der Waals surface area contributed by atoms with Crippen LogP contribution in [0.15, 0.2) is 34.7 Å². The Morgan fingerprint density at radius 2 is 2.12 bits per heavy atom. The summed E-state index contributed by atoms with van der Waals surface area (Å²) < 4.78 is 11.7. The SMILES string of the molecule is CCN(C(=O)[C@@H]1CC[C@H](CN)O1)C(C)c1cc2ccccc2o1.Cl. The Bertz CT molecular complexity index is 655. The van der Waals surface area contributed by atoms with E-state index < -0.39 is 0 Å². The summed E-state index contributed by atoms with van der Waals surface area (Å²) in [6.07, 6.45) is 1.22. The molecule has 1 aromatic carbocycles. The summed E-state index contributed by atoms with van der Waals surface area (Å²) in [6, 6.07) is 9.76. The number of amides is 1. The van der Waals surface area contributed by atoms with Gasteiger partial charge in [0.1, 0.15) is 17.4 Å². The van der Waals surface area contributed by atoms with Crippen molar-refractivity contribution in [3.63, 3.8) is 0 Å². The van der Waals surface area contributed by atoms with Crippen molar-refractivity contribution in [3.8, 4) is 0 Å². The van der Waals surface area contributed by atoms with E-state index in [2.05, 4.69) is 0 Å². The second-order valence-electron chi connectivity index (χ2n) is 6.05. The van der Waals surface area contributed by atoms with Gasteiger partial charge in [0.25, 0.3) is 5.91 Å². The molecule has 24 heavy (non-hydrogen) atoms. The summed E-state index contributed by atoms with van der Waals surface area (Å²) in [5.74, 6) is 0.825. The quantitative estimate of drug-likeness (QED) is 0.896. The Hall–Kier alpha value is -1.56. The minimum absolute atomic E-state index is 0. The monoisotopic (exact) mass is 352 g/mol. The van der Waals surface area contributed by atoms with E-state index in [0.717, 1.165) is 29.6 Å². The van der Waals surface area contributed by atoms with Gasteiger partial charge in [-0.3, -0.25) is 4.79 Å². The molecule has 1 saturated heterocycles. The summed E-state index contributed by atoms with van der Waals surface area (Å²) >= 11 is 0. The third-order valence-corrected chi connectivity index (χ3v) is 4.59. The van der Waals surface area contributed by atoms with Crippen LogP contribution in [0.4, 0.5) is 0 Å². The molecule has 1 aromatic heterocycles. The maximum atomic E-state index is 12.8. The van der Waals surface area contributed by atoms with Crippen molar-refractivity contribution in [2.24, 2.45) is 5.73 Å². The fraction of sp³-hybridized carbons (Fsp3) is 0.500. The van der Waals surface area contributed by atoms with E-state index in [1.165, 1.54) is 0 Å². The first-order valence-corrected chi connectivity index (χ1v) is 8.28. The van der Waals surface area contributed by atoms with Gasteiger partial charge >= 0.3 is 0 Å². The Morgan fingerprint density at radius 3 is 2.75 bits per heavy atom. The molecule has 2 heterocycles. The molecule has 0 saturated carbocycles. The van der Waals surface area contributed by atoms with Gasteiger partial charge in [0.2, 0.25) is 0 Å². The van der Waals surface area contributed by atoms with E-state index in [1.807, 2.05) is 49.1 Å². The minimum Gasteiger partial charge on any atom is -0.459 e. The number of likely N-dealkylation sites (N-methyl/N-ethyl adjacent to an activating group) is 1. The lowest BCUT2D eigenvalue weighted by molar-refractivity contribution is -0.145. The number of halogens is 1. The van der Waals surface area contributed by atoms with Gasteiger partial charge < -0.3 is 19.8 Å². The van der Waals surface area contributed by atoms with Crippen LogP contribution in [0, 0.1) is 0 Å². The number of hydrogen-bond donors (Lipinski definition) is 1. The standard InChI is InChI=1S/C18H24N2O3.ClH/c1-3-20(18(21)16-9-8-14(11-19)22-16)12(2)17-10-13-6-4-5-7-15(13)23-17;/h4-7,10,12,14,16H,3,8-9,11,19H2,1-2H3;1H/t12?,14-,16+;/m1./s1. The van der Waals surface area contributed by atoms with Crippen molar-refractivity contribution in [1.29, 1.82) is 0 Å². The largest absolute Gasteiger partial charge is 0.459 e. The number of carbonyl (C=O) groups excluding carboxylic acids is 1. The van der Waals surface area contributed by atoms with Gasteiger partial charge in [-0.05, 0) is 38.8 Å². The van der Waals surface area contributed by atoms with Crippen LogP contribution in [0.3, 0.4) is 0 Å². The molecule has 0 aliphatic carbocycles. The molecule has 1 aliphatic rings. The molecule has 2 N–H and O–H groups in total. The molecule has 5 nitrogen and oxygen atoms in total. The highest BCUT2D eigenvalue weighted by Gasteiger charge is 2.35. The first-order valence-electron chi connectivity index (χ1n) is 8.28. The van der Waals surface area contributed by atoms with Crippen molar-refractivity contribution in [2.45, 2.75) is 44.9 Å². The second kappa shape index (κ2) is 8.01. The number of rotatable bonds is 5. The van der Waals surface area contributed by atoms with Crippen LogP contribution in [0.2, 0.25) is 0 Å². The molecule has 0 spiro atoms. The van der Waals surface area contributed by atoms with Gasteiger partial charge in [-0.2, -0.15) is 0 Å². The van der Waals surface area contributed by atoms with Crippen LogP contribution in [0.25, 0.3) is 11.0 Å². The Morgan fingerprint density at radius 1 is 1.38 bits per heavy atom. The number of hydrogen-bond acceptors (Lipinski definition) is 4. The topological polar surface area (TPSA) is 68.7 Å². The zero-order valence-electron chi connectivity index (χ0n) is 14.1. The van der Waals surface area contributed by atoms with Crippen LogP contribution in [0.5, 0.6) is 0 Å². The zero-order valence-corrected chi connectivity index (χ0v) is 14.9. The van der Waals surface area contributed by atoms with E-state index in [-0.39, 0.29) is 36.6 Å². The predicted molar refractivity (Wildman–Crippen MR) is 96.2 cm³/mol. The van der Waals surface area contributed by atoms with Crippen LogP contribution >= 0.6 is 12.4 Å². The number of ether oxygens (including phenoxy) is 1. The molecule has 1 unspecified atom stereocenters. The molecule has 3 atom stereocenters. The van der Waals surface area contributed by atoms with Crippen molar-refractivity contribution >= 4 is 29.3 Å². The Labute approximate surface area is 148 Å². The smallest absolute Gasteiger partial charge is 0.252 e. The third kappa shape index (κ3) is 3.58. The van der Waals surface area contributed by atoms with E-state index in [9.17, 15) is 4.79 Å². The predicted octanol–water partition coefficient (Wildman–Crippen LogP) is 3.27. The van der Waals surface area contributed by atoms with Gasteiger partial charge in [-0.25, -0.2) is 0 Å². The van der Waals surface area contributed by atoms with Crippen LogP contribution < -0.4 is 5.73 Å². The lowest BCUT2D eigenvalue weighted by Crippen LogP contribution is -2.41. The number of benzene rings is 1. The average Bonchev–Trinajstić information content (AvgIpc) is 3.21. The van der Waals surface area contributed by atoms with E-state index >= 15 is 0 Å². The molecule has 2 aromatic rings. The fourth-order valence-corrected chi connectivity index (χ4v) is 3.23. The molecule has 132 valence electrons. The van der Waals surface area contributed by atoms with Crippen LogP contribution in [0.1, 0.15) is 38.5 Å². The zero-order chi connectivity index (χ0) is 16.4. The normalized spacial score (nSPS) is 21.5. The van der Waals surface area contributed by atoms with E-state index in [1.54, 1.807) is 0 Å². The first kappa shape index (κ1) is 18.8. The van der Waals surface area contributed by atoms with Crippen molar-refractivity contribution in [3.05, 3.63) is 36.1 Å². The highest BCUT2D eigenvalue weighted by Crippen LogP contribution is 2.29. The van der Waals surface area contributed by atoms with Crippen molar-refractivity contribution < 1.29 is 13.9 Å². The molecule has 0 radical (unpaired) electrons. The maximum absolute atomic E-state index is 12.8. The number of carbonyl (C=O) groups is 1. The Kier molecular flexibility index (Phi) is 6.27. The number of para-hydroxylation sites is 1. The average molecular weight is 353 g/mol. The fourth-order valence-electron chi connectivity index (χ4n) is 3.23. The van der Waals surface area contributed by atoms with Gasteiger partial charge in [-0.1, -0.05) is 18.2 Å². The van der Waals surface area contributed by atoms with Crippen molar-refractivity contribution in [1.82, 2.24) is 4.90 Å². The molecule has 1 amide bonds. The third-order valence-electron chi connectivity index (χ3n) is 4.59. The highest BCUT2D eigenvalue weighted by molar-refractivity contribution is 5.85. The minimum atomic E-state index is -0.379. The molecule has 6 heteroatoms. The van der Waals surface area contributed by atoms with E-state index in [0.29, 0.717) is 13.1 Å². The first-order chi connectivity index (χ1) is 11.1. The lowest BCUT2D eigenvalue weighted by atomic mass is 10.1. The Balaban J connectivity index is 0.00000208. The summed E-state index contributed by atoms with van der Waals surface area (Å²) in [5, 5.41) is 1.05. The molecule has 0 bridgehead atoms. The van der Waals surface area contributed by atoms with Gasteiger partial charge in [-0.15, -0.1) is 12.4 Å². The van der Waals surface area contributed by atoms with Gasteiger partial charge in [0, 0.05) is 18.5 Å². The lowest BCUT2D eigenvalue weighted by Gasteiger charge is -2.29. The maximum Gasteiger partial charge on any atom is 0.252 e. The number of fused-ring (bicyclic) bond motifs is 1.